The molecule has 0 saturated carbocycles. The molecule has 2 heterocycles. The fourth-order valence-electron chi connectivity index (χ4n) is 2.77. The zero-order valence-corrected chi connectivity index (χ0v) is 14.1. The van der Waals surface area contributed by atoms with Gasteiger partial charge >= 0.3 is 0 Å². The van der Waals surface area contributed by atoms with Crippen molar-refractivity contribution in [2.75, 3.05) is 6.54 Å². The minimum atomic E-state index is 0.322. The van der Waals surface area contributed by atoms with E-state index < -0.39 is 0 Å². The minimum Gasteiger partial charge on any atom is -0.305 e. The van der Waals surface area contributed by atoms with Crippen molar-refractivity contribution in [3.63, 3.8) is 0 Å². The smallest absolute Gasteiger partial charge is 0.0931 e. The monoisotopic (exact) mass is 325 g/mol. The van der Waals surface area contributed by atoms with Gasteiger partial charge in [-0.2, -0.15) is 0 Å². The Hall–Kier alpha value is -0.350. The summed E-state index contributed by atoms with van der Waals surface area (Å²) >= 11 is 9.82. The summed E-state index contributed by atoms with van der Waals surface area (Å²) in [6.07, 6.45) is 6.38. The zero-order chi connectivity index (χ0) is 13.9. The summed E-state index contributed by atoms with van der Waals surface area (Å²) in [5.74, 6) is 0. The van der Waals surface area contributed by atoms with Gasteiger partial charge in [0.05, 0.1) is 10.4 Å². The van der Waals surface area contributed by atoms with Crippen molar-refractivity contribution >= 4 is 34.3 Å². The molecule has 3 rings (SSSR count). The Morgan fingerprint density at radius 2 is 2.05 bits per heavy atom. The van der Waals surface area contributed by atoms with Crippen LogP contribution in [0.1, 0.15) is 52.4 Å². The number of halogens is 1. The van der Waals surface area contributed by atoms with Crippen LogP contribution in [0.25, 0.3) is 0 Å². The SMILES string of the molecule is CCCNC(c1ccc(Cl)s1)c1cc2c(s1)CCCC2. The molecule has 0 spiro atoms. The lowest BCUT2D eigenvalue weighted by Crippen LogP contribution is -2.21. The van der Waals surface area contributed by atoms with Gasteiger partial charge in [-0.3, -0.25) is 0 Å². The fraction of sp³-hybridized carbons (Fsp3) is 0.500. The van der Waals surface area contributed by atoms with E-state index in [0.717, 1.165) is 17.3 Å². The summed E-state index contributed by atoms with van der Waals surface area (Å²) in [6.45, 7) is 3.26. The van der Waals surface area contributed by atoms with Crippen LogP contribution in [0.3, 0.4) is 0 Å². The maximum atomic E-state index is 6.12. The van der Waals surface area contributed by atoms with Crippen LogP contribution < -0.4 is 5.32 Å². The van der Waals surface area contributed by atoms with Crippen LogP contribution in [0.5, 0.6) is 0 Å². The molecule has 0 bridgehead atoms. The Morgan fingerprint density at radius 1 is 1.20 bits per heavy atom. The van der Waals surface area contributed by atoms with Gasteiger partial charge in [-0.15, -0.1) is 22.7 Å². The number of nitrogens with one attached hydrogen (secondary N) is 1. The number of hydrogen-bond donors (Lipinski definition) is 1. The molecule has 0 amide bonds. The van der Waals surface area contributed by atoms with Crippen LogP contribution >= 0.6 is 34.3 Å². The molecule has 0 aromatic carbocycles. The second kappa shape index (κ2) is 6.61. The molecule has 2 aromatic rings. The van der Waals surface area contributed by atoms with Crippen LogP contribution in [-0.4, -0.2) is 6.54 Å². The summed E-state index contributed by atoms with van der Waals surface area (Å²) in [7, 11) is 0. The molecule has 4 heteroatoms. The standard InChI is InChI=1S/C16H20ClNS2/c1-2-9-18-16(13-7-8-15(17)20-13)14-10-11-5-3-4-6-12(11)19-14/h7-8,10,16,18H,2-6,9H2,1H3. The molecule has 0 aliphatic heterocycles. The Bertz CT molecular complexity index is 549. The summed E-state index contributed by atoms with van der Waals surface area (Å²) in [5, 5.41) is 3.69. The van der Waals surface area contributed by atoms with Gasteiger partial charge in [0.15, 0.2) is 0 Å². The maximum absolute atomic E-state index is 6.12. The molecule has 1 nitrogen and oxygen atoms in total. The highest BCUT2D eigenvalue weighted by Crippen LogP contribution is 2.38. The Kier molecular flexibility index (Phi) is 4.82. The van der Waals surface area contributed by atoms with E-state index in [0.29, 0.717) is 6.04 Å². The first-order valence-corrected chi connectivity index (χ1v) is 9.39. The van der Waals surface area contributed by atoms with E-state index in [-0.39, 0.29) is 0 Å². The molecule has 0 saturated heterocycles. The maximum Gasteiger partial charge on any atom is 0.0931 e. The molecule has 1 aliphatic carbocycles. The third-order valence-corrected chi connectivity index (χ3v) is 6.38. The zero-order valence-electron chi connectivity index (χ0n) is 11.7. The number of thiophene rings is 2. The lowest BCUT2D eigenvalue weighted by Gasteiger charge is -2.15. The van der Waals surface area contributed by atoms with Gasteiger partial charge in [0.1, 0.15) is 0 Å². The van der Waals surface area contributed by atoms with E-state index >= 15 is 0 Å². The van der Waals surface area contributed by atoms with E-state index in [1.807, 2.05) is 17.4 Å². The average Bonchev–Trinajstić information content (AvgIpc) is 3.05. The van der Waals surface area contributed by atoms with Gasteiger partial charge in [0.2, 0.25) is 0 Å². The van der Waals surface area contributed by atoms with Crippen molar-refractivity contribution in [3.8, 4) is 0 Å². The highest BCUT2D eigenvalue weighted by atomic mass is 35.5. The summed E-state index contributed by atoms with van der Waals surface area (Å²) < 4.78 is 0.879. The summed E-state index contributed by atoms with van der Waals surface area (Å²) in [6, 6.07) is 6.93. The van der Waals surface area contributed by atoms with Crippen LogP contribution in [0, 0.1) is 0 Å². The predicted molar refractivity (Wildman–Crippen MR) is 90.4 cm³/mol. The van der Waals surface area contributed by atoms with Gasteiger partial charge in [-0.25, -0.2) is 0 Å². The van der Waals surface area contributed by atoms with Gasteiger partial charge < -0.3 is 5.32 Å². The largest absolute Gasteiger partial charge is 0.305 e. The number of aryl methyl sites for hydroxylation is 2. The molecule has 1 N–H and O–H groups in total. The molecule has 108 valence electrons. The number of rotatable bonds is 5. The predicted octanol–water partition coefficient (Wildman–Crippen LogP) is 5.43. The van der Waals surface area contributed by atoms with Crippen LogP contribution in [0.4, 0.5) is 0 Å². The first kappa shape index (κ1) is 14.6. The van der Waals surface area contributed by atoms with Crippen molar-refractivity contribution in [2.45, 2.75) is 45.1 Å². The topological polar surface area (TPSA) is 12.0 Å². The summed E-state index contributed by atoms with van der Waals surface area (Å²) in [5.41, 5.74) is 1.59. The molecule has 0 fully saturated rings. The Balaban J connectivity index is 1.90. The van der Waals surface area contributed by atoms with Crippen molar-refractivity contribution in [1.29, 1.82) is 0 Å². The molecule has 1 unspecified atom stereocenters. The van der Waals surface area contributed by atoms with Gasteiger partial charge in [-0.1, -0.05) is 18.5 Å². The van der Waals surface area contributed by atoms with E-state index in [2.05, 4.69) is 24.4 Å². The fourth-order valence-corrected chi connectivity index (χ4v) is 5.35. The van der Waals surface area contributed by atoms with E-state index in [1.165, 1.54) is 35.4 Å². The van der Waals surface area contributed by atoms with E-state index in [4.69, 9.17) is 11.6 Å². The van der Waals surface area contributed by atoms with E-state index in [9.17, 15) is 0 Å². The molecule has 0 radical (unpaired) electrons. The van der Waals surface area contributed by atoms with Crippen LogP contribution in [0.2, 0.25) is 4.34 Å². The third kappa shape index (κ3) is 3.11. The normalized spacial score (nSPS) is 16.1. The summed E-state index contributed by atoms with van der Waals surface area (Å²) in [4.78, 5) is 4.41. The second-order valence-corrected chi connectivity index (χ2v) is 8.25. The second-order valence-electron chi connectivity index (χ2n) is 5.33. The minimum absolute atomic E-state index is 0.322. The van der Waals surface area contributed by atoms with Crippen LogP contribution in [-0.2, 0) is 12.8 Å². The van der Waals surface area contributed by atoms with Gasteiger partial charge in [-0.05, 0) is 62.4 Å². The van der Waals surface area contributed by atoms with Gasteiger partial charge in [0.25, 0.3) is 0 Å². The first-order valence-electron chi connectivity index (χ1n) is 7.38. The van der Waals surface area contributed by atoms with Gasteiger partial charge in [0, 0.05) is 14.6 Å². The number of fused-ring (bicyclic) bond motifs is 1. The number of hydrogen-bond acceptors (Lipinski definition) is 3. The van der Waals surface area contributed by atoms with Crippen molar-refractivity contribution in [2.24, 2.45) is 0 Å². The lowest BCUT2D eigenvalue weighted by molar-refractivity contribution is 0.612. The molecule has 1 aliphatic rings. The molecule has 1 atom stereocenters. The van der Waals surface area contributed by atoms with E-state index in [1.54, 1.807) is 21.8 Å². The lowest BCUT2D eigenvalue weighted by atomic mass is 9.98. The molecular formula is C16H20ClNS2. The Labute approximate surface area is 134 Å². The van der Waals surface area contributed by atoms with Crippen molar-refractivity contribution in [3.05, 3.63) is 42.7 Å². The molecule has 2 aromatic heterocycles. The molecular weight excluding hydrogens is 306 g/mol. The third-order valence-electron chi connectivity index (χ3n) is 3.78. The quantitative estimate of drug-likeness (QED) is 0.772. The Morgan fingerprint density at radius 3 is 2.75 bits per heavy atom. The average molecular weight is 326 g/mol. The molecule has 20 heavy (non-hydrogen) atoms. The highest BCUT2D eigenvalue weighted by molar-refractivity contribution is 7.16. The first-order chi connectivity index (χ1) is 9.78. The van der Waals surface area contributed by atoms with Crippen molar-refractivity contribution in [1.82, 2.24) is 5.32 Å². The van der Waals surface area contributed by atoms with Crippen LogP contribution in [0.15, 0.2) is 18.2 Å². The highest BCUT2D eigenvalue weighted by Gasteiger charge is 2.21. The van der Waals surface area contributed by atoms with Crippen molar-refractivity contribution < 1.29 is 0 Å².